The van der Waals surface area contributed by atoms with Gasteiger partial charge in [-0.2, -0.15) is 0 Å². The van der Waals surface area contributed by atoms with Gasteiger partial charge in [0.05, 0.1) is 6.54 Å². The summed E-state index contributed by atoms with van der Waals surface area (Å²) in [7, 11) is 0. The lowest BCUT2D eigenvalue weighted by molar-refractivity contribution is -0.130. The van der Waals surface area contributed by atoms with Crippen LogP contribution in [0.3, 0.4) is 0 Å². The summed E-state index contributed by atoms with van der Waals surface area (Å²) in [5, 5.41) is 2.79. The van der Waals surface area contributed by atoms with Gasteiger partial charge in [0.15, 0.2) is 0 Å². The van der Waals surface area contributed by atoms with Crippen LogP contribution in [0.1, 0.15) is 25.3 Å². The molecule has 0 spiro atoms. The third-order valence-corrected chi connectivity index (χ3v) is 4.48. The van der Waals surface area contributed by atoms with E-state index in [9.17, 15) is 9.59 Å². The van der Waals surface area contributed by atoms with Crippen LogP contribution in [-0.2, 0) is 20.7 Å². The van der Waals surface area contributed by atoms with Gasteiger partial charge in [-0.1, -0.05) is 18.2 Å². The summed E-state index contributed by atoms with van der Waals surface area (Å²) in [6, 6.07) is 8.10. The van der Waals surface area contributed by atoms with Crippen LogP contribution < -0.4 is 10.2 Å². The van der Waals surface area contributed by atoms with Crippen LogP contribution in [0.4, 0.5) is 5.69 Å². The highest BCUT2D eigenvalue weighted by Gasteiger charge is 2.31. The maximum Gasteiger partial charge on any atom is 0.246 e. The molecule has 0 bridgehead atoms. The fraction of sp³-hybridized carbons (Fsp3) is 0.529. The molecule has 22 heavy (non-hydrogen) atoms. The minimum atomic E-state index is -0.0436. The van der Waals surface area contributed by atoms with E-state index in [1.807, 2.05) is 25.1 Å². The molecule has 0 saturated carbocycles. The van der Waals surface area contributed by atoms with E-state index in [1.165, 1.54) is 5.56 Å². The van der Waals surface area contributed by atoms with E-state index >= 15 is 0 Å². The molecule has 5 heteroatoms. The van der Waals surface area contributed by atoms with Crippen LogP contribution in [0.15, 0.2) is 24.3 Å². The van der Waals surface area contributed by atoms with Gasteiger partial charge in [-0.25, -0.2) is 0 Å². The van der Waals surface area contributed by atoms with Gasteiger partial charge in [-0.05, 0) is 37.8 Å². The number of anilines is 1. The van der Waals surface area contributed by atoms with Crippen LogP contribution in [0, 0.1) is 5.92 Å². The molecule has 3 rings (SSSR count). The van der Waals surface area contributed by atoms with Crippen LogP contribution in [0.5, 0.6) is 0 Å². The van der Waals surface area contributed by atoms with Crippen molar-refractivity contribution in [2.45, 2.75) is 32.2 Å². The van der Waals surface area contributed by atoms with Gasteiger partial charge >= 0.3 is 0 Å². The van der Waals surface area contributed by atoms with Gasteiger partial charge in [0.1, 0.15) is 0 Å². The Hall–Kier alpha value is -1.88. The Labute approximate surface area is 130 Å². The fourth-order valence-corrected chi connectivity index (χ4v) is 3.30. The second kappa shape index (κ2) is 6.48. The van der Waals surface area contributed by atoms with Gasteiger partial charge in [-0.15, -0.1) is 0 Å². The lowest BCUT2D eigenvalue weighted by Crippen LogP contribution is -2.44. The largest absolute Gasteiger partial charge is 0.381 e. The summed E-state index contributed by atoms with van der Waals surface area (Å²) >= 11 is 0. The first kappa shape index (κ1) is 15.0. The lowest BCUT2D eigenvalue weighted by Gasteiger charge is -2.24. The number of carbonyl (C=O) groups excluding carboxylic acids is 2. The van der Waals surface area contributed by atoms with E-state index in [-0.39, 0.29) is 30.3 Å². The van der Waals surface area contributed by atoms with Crippen LogP contribution >= 0.6 is 0 Å². The number of amides is 2. The van der Waals surface area contributed by atoms with Crippen molar-refractivity contribution in [3.63, 3.8) is 0 Å². The number of rotatable bonds is 3. The minimum Gasteiger partial charge on any atom is -0.381 e. The predicted molar refractivity (Wildman–Crippen MR) is 83.6 cm³/mol. The van der Waals surface area contributed by atoms with Crippen LogP contribution in [0.2, 0.25) is 0 Å². The second-order valence-corrected chi connectivity index (χ2v) is 6.05. The monoisotopic (exact) mass is 302 g/mol. The van der Waals surface area contributed by atoms with Crippen molar-refractivity contribution in [3.05, 3.63) is 29.8 Å². The van der Waals surface area contributed by atoms with Gasteiger partial charge in [0.2, 0.25) is 11.8 Å². The summed E-state index contributed by atoms with van der Waals surface area (Å²) in [6.07, 6.45) is 2.35. The average Bonchev–Trinajstić information content (AvgIpc) is 2.89. The Morgan fingerprint density at radius 2 is 2.00 bits per heavy atom. The van der Waals surface area contributed by atoms with E-state index in [0.717, 1.165) is 24.9 Å². The zero-order valence-corrected chi connectivity index (χ0v) is 12.9. The van der Waals surface area contributed by atoms with Gasteiger partial charge in [-0.3, -0.25) is 9.59 Å². The van der Waals surface area contributed by atoms with Crippen molar-refractivity contribution in [2.24, 2.45) is 5.92 Å². The molecule has 1 fully saturated rings. The van der Waals surface area contributed by atoms with E-state index in [2.05, 4.69) is 11.4 Å². The summed E-state index contributed by atoms with van der Waals surface area (Å²) in [5.74, 6) is -0.0977. The van der Waals surface area contributed by atoms with E-state index in [0.29, 0.717) is 13.2 Å². The molecular formula is C17H22N2O3. The molecule has 2 aliphatic heterocycles. The molecule has 1 N–H and O–H groups in total. The molecule has 5 nitrogen and oxygen atoms in total. The van der Waals surface area contributed by atoms with Crippen molar-refractivity contribution in [3.8, 4) is 0 Å². The summed E-state index contributed by atoms with van der Waals surface area (Å²) < 4.78 is 5.25. The zero-order valence-electron chi connectivity index (χ0n) is 12.9. The Balaban J connectivity index is 1.59. The number of nitrogens with zero attached hydrogens (tertiary/aromatic N) is 1. The molecule has 118 valence electrons. The summed E-state index contributed by atoms with van der Waals surface area (Å²) in [6.45, 7) is 3.36. The van der Waals surface area contributed by atoms with E-state index in [4.69, 9.17) is 4.74 Å². The van der Waals surface area contributed by atoms with Crippen molar-refractivity contribution in [2.75, 3.05) is 24.7 Å². The SMILES string of the molecule is CC1Cc2ccccc2N1C(=O)CNC(=O)C1CCOCC1. The topological polar surface area (TPSA) is 58.6 Å². The molecule has 1 aromatic carbocycles. The number of para-hydroxylation sites is 1. The molecule has 0 radical (unpaired) electrons. The van der Waals surface area contributed by atoms with Crippen molar-refractivity contribution < 1.29 is 14.3 Å². The Morgan fingerprint density at radius 3 is 2.77 bits per heavy atom. The molecule has 1 saturated heterocycles. The number of fused-ring (bicyclic) bond motifs is 1. The second-order valence-electron chi connectivity index (χ2n) is 6.05. The molecule has 2 amide bonds. The number of hydrogen-bond donors (Lipinski definition) is 1. The van der Waals surface area contributed by atoms with Gasteiger partial charge < -0.3 is 15.0 Å². The van der Waals surface area contributed by atoms with Crippen molar-refractivity contribution in [1.82, 2.24) is 5.32 Å². The number of carbonyl (C=O) groups is 2. The first-order valence-electron chi connectivity index (χ1n) is 7.92. The molecular weight excluding hydrogens is 280 g/mol. The van der Waals surface area contributed by atoms with Crippen molar-refractivity contribution >= 4 is 17.5 Å². The highest BCUT2D eigenvalue weighted by atomic mass is 16.5. The Morgan fingerprint density at radius 1 is 1.27 bits per heavy atom. The average molecular weight is 302 g/mol. The summed E-state index contributed by atoms with van der Waals surface area (Å²) in [5.41, 5.74) is 2.17. The Kier molecular flexibility index (Phi) is 4.43. The number of ether oxygens (including phenoxy) is 1. The number of benzene rings is 1. The number of hydrogen-bond acceptors (Lipinski definition) is 3. The third-order valence-electron chi connectivity index (χ3n) is 4.48. The smallest absolute Gasteiger partial charge is 0.246 e. The molecule has 2 heterocycles. The maximum atomic E-state index is 12.5. The fourth-order valence-electron chi connectivity index (χ4n) is 3.30. The zero-order chi connectivity index (χ0) is 15.5. The molecule has 2 aliphatic rings. The molecule has 1 unspecified atom stereocenters. The Bertz CT molecular complexity index is 567. The molecule has 1 atom stereocenters. The van der Waals surface area contributed by atoms with Crippen LogP contribution in [-0.4, -0.2) is 37.6 Å². The first-order chi connectivity index (χ1) is 10.7. The maximum absolute atomic E-state index is 12.5. The molecule has 0 aliphatic carbocycles. The highest BCUT2D eigenvalue weighted by Crippen LogP contribution is 2.31. The van der Waals surface area contributed by atoms with E-state index in [1.54, 1.807) is 4.90 Å². The van der Waals surface area contributed by atoms with Crippen LogP contribution in [0.25, 0.3) is 0 Å². The summed E-state index contributed by atoms with van der Waals surface area (Å²) in [4.78, 5) is 26.4. The van der Waals surface area contributed by atoms with Gasteiger partial charge in [0, 0.05) is 30.9 Å². The minimum absolute atomic E-state index is 0.0233. The predicted octanol–water partition coefficient (Wildman–Crippen LogP) is 1.51. The highest BCUT2D eigenvalue weighted by molar-refractivity contribution is 5.99. The van der Waals surface area contributed by atoms with Crippen molar-refractivity contribution in [1.29, 1.82) is 0 Å². The first-order valence-corrected chi connectivity index (χ1v) is 7.92. The standard InChI is InChI=1S/C17H22N2O3/c1-12-10-14-4-2-3-5-15(14)19(12)16(20)11-18-17(21)13-6-8-22-9-7-13/h2-5,12-13H,6-11H2,1H3,(H,18,21). The lowest BCUT2D eigenvalue weighted by atomic mass is 9.99. The third kappa shape index (κ3) is 2.99. The molecule has 0 aromatic heterocycles. The number of nitrogens with one attached hydrogen (secondary N) is 1. The normalized spacial score (nSPS) is 21.5. The van der Waals surface area contributed by atoms with E-state index < -0.39 is 0 Å². The van der Waals surface area contributed by atoms with Gasteiger partial charge in [0.25, 0.3) is 0 Å². The quantitative estimate of drug-likeness (QED) is 0.920. The molecule has 1 aromatic rings.